The van der Waals surface area contributed by atoms with Crippen LogP contribution in [0.1, 0.15) is 11.5 Å². The van der Waals surface area contributed by atoms with Crippen molar-refractivity contribution in [3.8, 4) is 18.0 Å². The van der Waals surface area contributed by atoms with E-state index in [-0.39, 0.29) is 11.5 Å². The molecule has 0 aliphatic carbocycles. The Morgan fingerprint density at radius 1 is 1.25 bits per heavy atom. The van der Waals surface area contributed by atoms with E-state index < -0.39 is 0 Å². The molecule has 2 N–H and O–H groups in total. The maximum atomic E-state index is 8.80. The van der Waals surface area contributed by atoms with Crippen LogP contribution in [-0.4, -0.2) is 14.5 Å². The zero-order valence-electron chi connectivity index (χ0n) is 8.12. The molecule has 16 heavy (non-hydrogen) atoms. The second-order valence-corrected chi connectivity index (χ2v) is 2.95. The van der Waals surface area contributed by atoms with Gasteiger partial charge in [-0.2, -0.15) is 10.5 Å². The molecular formula is C10H6N6. The number of aromatic nitrogens is 3. The number of pyridine rings is 1. The van der Waals surface area contributed by atoms with E-state index in [0.717, 1.165) is 0 Å². The summed E-state index contributed by atoms with van der Waals surface area (Å²) in [5, 5.41) is 17.6. The molecule has 0 saturated carbocycles. The van der Waals surface area contributed by atoms with E-state index in [2.05, 4.69) is 9.97 Å². The highest BCUT2D eigenvalue weighted by molar-refractivity contribution is 5.52. The summed E-state index contributed by atoms with van der Waals surface area (Å²) in [6, 6.07) is 7.00. The van der Waals surface area contributed by atoms with Crippen LogP contribution in [0.5, 0.6) is 0 Å². The highest BCUT2D eigenvalue weighted by Crippen LogP contribution is 2.13. The zero-order chi connectivity index (χ0) is 11.5. The number of nitrogens with two attached hydrogens (primary N) is 1. The Hall–Kier alpha value is -2.86. The van der Waals surface area contributed by atoms with Crippen molar-refractivity contribution in [3.05, 3.63) is 36.0 Å². The summed E-state index contributed by atoms with van der Waals surface area (Å²) in [6.07, 6.45) is 3.08. The quantitative estimate of drug-likeness (QED) is 0.741. The number of nitriles is 2. The SMILES string of the molecule is N#Cc1nc(-n2ccnc2C#N)ccc1N. The largest absolute Gasteiger partial charge is 0.396 e. The van der Waals surface area contributed by atoms with Gasteiger partial charge in [-0.15, -0.1) is 0 Å². The predicted octanol–water partition coefficient (Wildman–Crippen LogP) is 0.593. The van der Waals surface area contributed by atoms with Crippen LogP contribution in [-0.2, 0) is 0 Å². The fourth-order valence-corrected chi connectivity index (χ4v) is 1.25. The normalized spacial score (nSPS) is 9.38. The fourth-order valence-electron chi connectivity index (χ4n) is 1.25. The molecule has 0 bridgehead atoms. The van der Waals surface area contributed by atoms with Crippen LogP contribution in [0.3, 0.4) is 0 Å². The second kappa shape index (κ2) is 3.71. The zero-order valence-corrected chi connectivity index (χ0v) is 8.12. The van der Waals surface area contributed by atoms with E-state index in [4.69, 9.17) is 16.3 Å². The first-order chi connectivity index (χ1) is 7.76. The third-order valence-corrected chi connectivity index (χ3v) is 2.01. The Morgan fingerprint density at radius 3 is 2.75 bits per heavy atom. The van der Waals surface area contributed by atoms with Gasteiger partial charge in [0.05, 0.1) is 5.69 Å². The molecule has 0 radical (unpaired) electrons. The van der Waals surface area contributed by atoms with Gasteiger partial charge in [0.1, 0.15) is 18.0 Å². The minimum atomic E-state index is 0.134. The second-order valence-electron chi connectivity index (χ2n) is 2.95. The molecule has 0 fully saturated rings. The number of hydrogen-bond donors (Lipinski definition) is 1. The van der Waals surface area contributed by atoms with Crippen molar-refractivity contribution in [1.82, 2.24) is 14.5 Å². The van der Waals surface area contributed by atoms with Gasteiger partial charge in [-0.05, 0) is 12.1 Å². The Morgan fingerprint density at radius 2 is 2.06 bits per heavy atom. The van der Waals surface area contributed by atoms with Crippen LogP contribution >= 0.6 is 0 Å². The molecule has 0 aromatic carbocycles. The van der Waals surface area contributed by atoms with Gasteiger partial charge in [0, 0.05) is 12.4 Å². The van der Waals surface area contributed by atoms with Crippen molar-refractivity contribution in [3.63, 3.8) is 0 Å². The number of rotatable bonds is 1. The summed E-state index contributed by atoms with van der Waals surface area (Å²) in [4.78, 5) is 7.86. The van der Waals surface area contributed by atoms with Crippen LogP contribution in [0.4, 0.5) is 5.69 Å². The first-order valence-electron chi connectivity index (χ1n) is 4.36. The van der Waals surface area contributed by atoms with Gasteiger partial charge in [0.2, 0.25) is 5.82 Å². The maximum Gasteiger partial charge on any atom is 0.218 e. The molecule has 0 aliphatic rings. The van der Waals surface area contributed by atoms with Crippen molar-refractivity contribution < 1.29 is 0 Å². The van der Waals surface area contributed by atoms with E-state index in [0.29, 0.717) is 11.5 Å². The van der Waals surface area contributed by atoms with Crippen molar-refractivity contribution in [2.45, 2.75) is 0 Å². The van der Waals surface area contributed by atoms with Crippen LogP contribution in [0.15, 0.2) is 24.5 Å². The summed E-state index contributed by atoms with van der Waals surface area (Å²) in [7, 11) is 0. The standard InChI is InChI=1S/C10H6N6/c11-5-8-7(13)1-2-9(15-8)16-4-3-14-10(16)6-12/h1-4H,13H2. The smallest absolute Gasteiger partial charge is 0.218 e. The highest BCUT2D eigenvalue weighted by atomic mass is 15.1. The van der Waals surface area contributed by atoms with Crippen molar-refractivity contribution in [2.75, 3.05) is 5.73 Å². The Kier molecular flexibility index (Phi) is 2.25. The monoisotopic (exact) mass is 210 g/mol. The van der Waals surface area contributed by atoms with E-state index in [9.17, 15) is 0 Å². The molecule has 6 heteroatoms. The van der Waals surface area contributed by atoms with Gasteiger partial charge < -0.3 is 5.73 Å². The molecular weight excluding hydrogens is 204 g/mol. The molecule has 2 aromatic rings. The summed E-state index contributed by atoms with van der Waals surface area (Å²) in [6.45, 7) is 0. The number of nitrogens with zero attached hydrogens (tertiary/aromatic N) is 5. The number of hydrogen-bond acceptors (Lipinski definition) is 5. The minimum Gasteiger partial charge on any atom is -0.396 e. The van der Waals surface area contributed by atoms with Crippen LogP contribution in [0, 0.1) is 22.7 Å². The predicted molar refractivity (Wildman–Crippen MR) is 55.2 cm³/mol. The van der Waals surface area contributed by atoms with Gasteiger partial charge in [-0.25, -0.2) is 9.97 Å². The van der Waals surface area contributed by atoms with Crippen LogP contribution < -0.4 is 5.73 Å². The number of nitrogen functional groups attached to an aromatic ring is 1. The lowest BCUT2D eigenvalue weighted by Gasteiger charge is -2.03. The van der Waals surface area contributed by atoms with Crippen LogP contribution in [0.25, 0.3) is 5.82 Å². The summed E-state index contributed by atoms with van der Waals surface area (Å²) in [5.74, 6) is 0.654. The Balaban J connectivity index is 2.59. The van der Waals surface area contributed by atoms with Crippen molar-refractivity contribution in [2.24, 2.45) is 0 Å². The van der Waals surface area contributed by atoms with Gasteiger partial charge >= 0.3 is 0 Å². The van der Waals surface area contributed by atoms with Gasteiger partial charge in [0.15, 0.2) is 5.69 Å². The average Bonchev–Trinajstić information content (AvgIpc) is 2.78. The molecule has 0 amide bonds. The lowest BCUT2D eigenvalue weighted by atomic mass is 10.3. The third-order valence-electron chi connectivity index (χ3n) is 2.01. The van der Waals surface area contributed by atoms with Gasteiger partial charge in [0.25, 0.3) is 0 Å². The molecule has 0 spiro atoms. The summed E-state index contributed by atoms with van der Waals surface area (Å²) in [5.41, 5.74) is 5.99. The lowest BCUT2D eigenvalue weighted by molar-refractivity contribution is 0.963. The molecule has 2 rings (SSSR count). The van der Waals surface area contributed by atoms with E-state index in [1.165, 1.54) is 10.8 Å². The molecule has 0 unspecified atom stereocenters. The highest BCUT2D eigenvalue weighted by Gasteiger charge is 2.07. The minimum absolute atomic E-state index is 0.134. The maximum absolute atomic E-state index is 8.80. The topological polar surface area (TPSA) is 104 Å². The van der Waals surface area contributed by atoms with Gasteiger partial charge in [-0.1, -0.05) is 0 Å². The first-order valence-corrected chi connectivity index (χ1v) is 4.36. The van der Waals surface area contributed by atoms with E-state index >= 15 is 0 Å². The average molecular weight is 210 g/mol. The Labute approximate surface area is 91.2 Å². The molecule has 2 heterocycles. The lowest BCUT2D eigenvalue weighted by Crippen LogP contribution is -2.03. The molecule has 6 nitrogen and oxygen atoms in total. The fraction of sp³-hybridized carbons (Fsp3) is 0. The molecule has 0 atom stereocenters. The first kappa shape index (κ1) is 9.69. The molecule has 0 saturated heterocycles. The van der Waals surface area contributed by atoms with E-state index in [1.54, 1.807) is 18.3 Å². The number of imidazole rings is 1. The van der Waals surface area contributed by atoms with E-state index in [1.807, 2.05) is 12.1 Å². The van der Waals surface area contributed by atoms with Gasteiger partial charge in [-0.3, -0.25) is 4.57 Å². The Bertz CT molecular complexity index is 613. The molecule has 76 valence electrons. The van der Waals surface area contributed by atoms with Crippen LogP contribution in [0.2, 0.25) is 0 Å². The number of anilines is 1. The van der Waals surface area contributed by atoms with Crippen molar-refractivity contribution in [1.29, 1.82) is 10.5 Å². The molecule has 0 aliphatic heterocycles. The molecule has 2 aromatic heterocycles. The summed E-state index contributed by atoms with van der Waals surface area (Å²) < 4.78 is 1.49. The third kappa shape index (κ3) is 1.45. The summed E-state index contributed by atoms with van der Waals surface area (Å²) >= 11 is 0. The van der Waals surface area contributed by atoms with Crippen molar-refractivity contribution >= 4 is 5.69 Å².